The van der Waals surface area contributed by atoms with Gasteiger partial charge in [0.1, 0.15) is 0 Å². The van der Waals surface area contributed by atoms with Crippen LogP contribution in [0.5, 0.6) is 0 Å². The van der Waals surface area contributed by atoms with Crippen LogP contribution in [-0.2, 0) is 11.3 Å². The number of aromatic nitrogens is 3. The van der Waals surface area contributed by atoms with E-state index in [9.17, 15) is 9.59 Å². The SMILES string of the molecule is Cc1cncc(-n2ncc3c(NC(=O)c4c(Cl)ccc(CNC(=O)C(C)(C)C)c4Cl)cccc32)c1. The van der Waals surface area contributed by atoms with E-state index < -0.39 is 11.3 Å². The number of hydrogen-bond acceptors (Lipinski definition) is 4. The third kappa shape index (κ3) is 5.16. The van der Waals surface area contributed by atoms with Crippen molar-refractivity contribution in [1.82, 2.24) is 20.1 Å². The average Bonchev–Trinajstić information content (AvgIpc) is 3.23. The van der Waals surface area contributed by atoms with Crippen LogP contribution in [0.2, 0.25) is 10.0 Å². The Morgan fingerprint density at radius 1 is 1.06 bits per heavy atom. The number of pyridine rings is 1. The van der Waals surface area contributed by atoms with Crippen molar-refractivity contribution in [2.24, 2.45) is 5.41 Å². The average molecular weight is 510 g/mol. The molecule has 0 saturated heterocycles. The van der Waals surface area contributed by atoms with Gasteiger partial charge in [0.15, 0.2) is 0 Å². The summed E-state index contributed by atoms with van der Waals surface area (Å²) in [6.45, 7) is 7.61. The lowest BCUT2D eigenvalue weighted by molar-refractivity contribution is -0.128. The molecule has 2 N–H and O–H groups in total. The second-order valence-electron chi connectivity index (χ2n) is 9.30. The summed E-state index contributed by atoms with van der Waals surface area (Å²) in [5.41, 5.74) is 3.40. The van der Waals surface area contributed by atoms with Gasteiger partial charge in [-0.05, 0) is 42.3 Å². The van der Waals surface area contributed by atoms with E-state index in [0.29, 0.717) is 11.3 Å². The molecular weight excluding hydrogens is 485 g/mol. The Labute approximate surface area is 213 Å². The molecule has 2 heterocycles. The predicted octanol–water partition coefficient (Wildman–Crippen LogP) is 5.95. The highest BCUT2D eigenvalue weighted by Gasteiger charge is 2.23. The largest absolute Gasteiger partial charge is 0.352 e. The number of carbonyl (C=O) groups is 2. The number of aryl methyl sites for hydroxylation is 1. The van der Waals surface area contributed by atoms with Gasteiger partial charge in [-0.3, -0.25) is 14.6 Å². The highest BCUT2D eigenvalue weighted by atomic mass is 35.5. The smallest absolute Gasteiger partial charge is 0.258 e. The highest BCUT2D eigenvalue weighted by Crippen LogP contribution is 2.31. The summed E-state index contributed by atoms with van der Waals surface area (Å²) in [5.74, 6) is -0.580. The molecule has 0 aliphatic rings. The number of amides is 2. The molecule has 2 aromatic carbocycles. The van der Waals surface area contributed by atoms with Crippen LogP contribution in [0.15, 0.2) is 55.0 Å². The maximum atomic E-state index is 13.3. The summed E-state index contributed by atoms with van der Waals surface area (Å²) in [7, 11) is 0. The van der Waals surface area contributed by atoms with Crippen molar-refractivity contribution < 1.29 is 9.59 Å². The lowest BCUT2D eigenvalue weighted by Crippen LogP contribution is -2.34. The Bertz CT molecular complexity index is 1440. The summed E-state index contributed by atoms with van der Waals surface area (Å²) in [4.78, 5) is 29.8. The molecule has 0 spiro atoms. The van der Waals surface area contributed by atoms with Gasteiger partial charge in [-0.25, -0.2) is 4.68 Å². The zero-order chi connectivity index (χ0) is 25.3. The van der Waals surface area contributed by atoms with Gasteiger partial charge in [-0.1, -0.05) is 56.1 Å². The van der Waals surface area contributed by atoms with Gasteiger partial charge in [0.2, 0.25) is 5.91 Å². The van der Waals surface area contributed by atoms with Crippen LogP contribution in [0.25, 0.3) is 16.6 Å². The first-order valence-electron chi connectivity index (χ1n) is 11.0. The van der Waals surface area contributed by atoms with Crippen LogP contribution >= 0.6 is 23.2 Å². The van der Waals surface area contributed by atoms with Crippen molar-refractivity contribution in [3.8, 4) is 5.69 Å². The number of nitrogens with zero attached hydrogens (tertiary/aromatic N) is 3. The molecule has 4 rings (SSSR count). The van der Waals surface area contributed by atoms with Gasteiger partial charge in [-0.2, -0.15) is 5.10 Å². The van der Waals surface area contributed by atoms with E-state index in [1.165, 1.54) is 0 Å². The van der Waals surface area contributed by atoms with E-state index in [1.807, 2.05) is 45.9 Å². The Morgan fingerprint density at radius 3 is 2.54 bits per heavy atom. The minimum absolute atomic E-state index is 0.123. The highest BCUT2D eigenvalue weighted by molar-refractivity contribution is 6.41. The topological polar surface area (TPSA) is 88.9 Å². The fourth-order valence-electron chi connectivity index (χ4n) is 3.59. The molecule has 0 fully saturated rings. The quantitative estimate of drug-likeness (QED) is 0.347. The first kappa shape index (κ1) is 24.7. The molecule has 0 radical (unpaired) electrons. The fourth-order valence-corrected chi connectivity index (χ4v) is 4.20. The van der Waals surface area contributed by atoms with E-state index in [2.05, 4.69) is 20.7 Å². The second-order valence-corrected chi connectivity index (χ2v) is 10.1. The first-order chi connectivity index (χ1) is 16.6. The molecule has 180 valence electrons. The molecule has 0 bridgehead atoms. The number of fused-ring (bicyclic) bond motifs is 1. The second kappa shape index (κ2) is 9.68. The molecule has 9 heteroatoms. The molecule has 7 nitrogen and oxygen atoms in total. The summed E-state index contributed by atoms with van der Waals surface area (Å²) < 4.78 is 1.77. The van der Waals surface area contributed by atoms with Crippen LogP contribution in [0.1, 0.15) is 42.3 Å². The zero-order valence-corrected chi connectivity index (χ0v) is 21.3. The van der Waals surface area contributed by atoms with Crippen LogP contribution < -0.4 is 10.6 Å². The number of carbonyl (C=O) groups excluding carboxylic acids is 2. The van der Waals surface area contributed by atoms with Gasteiger partial charge < -0.3 is 10.6 Å². The van der Waals surface area contributed by atoms with Gasteiger partial charge in [0.05, 0.1) is 44.9 Å². The summed E-state index contributed by atoms with van der Waals surface area (Å²) >= 11 is 12.9. The van der Waals surface area contributed by atoms with Gasteiger partial charge in [0, 0.05) is 23.5 Å². The molecule has 0 aliphatic carbocycles. The maximum absolute atomic E-state index is 13.3. The molecule has 0 saturated carbocycles. The normalized spacial score (nSPS) is 11.5. The van der Waals surface area contributed by atoms with Crippen molar-refractivity contribution in [3.63, 3.8) is 0 Å². The zero-order valence-electron chi connectivity index (χ0n) is 19.8. The molecule has 0 aliphatic heterocycles. The molecule has 2 aromatic heterocycles. The van der Waals surface area contributed by atoms with Crippen LogP contribution in [0.3, 0.4) is 0 Å². The number of anilines is 1. The molecule has 0 atom stereocenters. The number of benzene rings is 2. The van der Waals surface area contributed by atoms with Crippen molar-refractivity contribution in [3.05, 3.63) is 81.7 Å². The maximum Gasteiger partial charge on any atom is 0.258 e. The number of nitrogens with one attached hydrogen (secondary N) is 2. The minimum Gasteiger partial charge on any atom is -0.352 e. The standard InChI is InChI=1S/C26H25Cl2N5O2/c1-15-10-17(13-29-11-15)33-21-7-5-6-20(18(21)14-31-33)32-24(34)22-19(27)9-8-16(23(22)28)12-30-25(35)26(2,3)4/h5-11,13-14H,12H2,1-4H3,(H,30,35)(H,32,34). The third-order valence-corrected chi connectivity index (χ3v) is 6.23. The predicted molar refractivity (Wildman–Crippen MR) is 139 cm³/mol. The van der Waals surface area contributed by atoms with Crippen LogP contribution in [0, 0.1) is 12.3 Å². The Hall–Kier alpha value is -3.42. The van der Waals surface area contributed by atoms with E-state index in [1.54, 1.807) is 41.5 Å². The lowest BCUT2D eigenvalue weighted by Gasteiger charge is -2.18. The van der Waals surface area contributed by atoms with Crippen LogP contribution in [0.4, 0.5) is 5.69 Å². The third-order valence-electron chi connectivity index (χ3n) is 5.49. The monoisotopic (exact) mass is 509 g/mol. The van der Waals surface area contributed by atoms with E-state index >= 15 is 0 Å². The van der Waals surface area contributed by atoms with E-state index in [0.717, 1.165) is 22.2 Å². The fraction of sp³-hybridized carbons (Fsp3) is 0.231. The lowest BCUT2D eigenvalue weighted by atomic mass is 9.95. The Balaban J connectivity index is 1.63. The molecular formula is C26H25Cl2N5O2. The number of halogens is 2. The van der Waals surface area contributed by atoms with Crippen molar-refractivity contribution in [2.45, 2.75) is 34.2 Å². The van der Waals surface area contributed by atoms with E-state index in [4.69, 9.17) is 23.2 Å². The van der Waals surface area contributed by atoms with Crippen LogP contribution in [-0.4, -0.2) is 26.6 Å². The van der Waals surface area contributed by atoms with Gasteiger partial charge in [0.25, 0.3) is 5.91 Å². The molecule has 35 heavy (non-hydrogen) atoms. The van der Waals surface area contributed by atoms with Crippen molar-refractivity contribution in [1.29, 1.82) is 0 Å². The Morgan fingerprint density at radius 2 is 1.83 bits per heavy atom. The summed E-state index contributed by atoms with van der Waals surface area (Å²) in [5, 5.41) is 11.4. The van der Waals surface area contributed by atoms with E-state index in [-0.39, 0.29) is 28.1 Å². The van der Waals surface area contributed by atoms with Crippen molar-refractivity contribution in [2.75, 3.05) is 5.32 Å². The summed E-state index contributed by atoms with van der Waals surface area (Å²) in [6, 6.07) is 10.8. The molecule has 2 amide bonds. The Kier molecular flexibility index (Phi) is 6.83. The minimum atomic E-state index is -0.545. The van der Waals surface area contributed by atoms with Gasteiger partial charge >= 0.3 is 0 Å². The number of hydrogen-bond donors (Lipinski definition) is 2. The molecule has 4 aromatic rings. The van der Waals surface area contributed by atoms with Crippen molar-refractivity contribution >= 4 is 51.6 Å². The summed E-state index contributed by atoms with van der Waals surface area (Å²) in [6.07, 6.45) is 5.19. The molecule has 0 unspecified atom stereocenters. The first-order valence-corrected chi connectivity index (χ1v) is 11.8. The van der Waals surface area contributed by atoms with Gasteiger partial charge in [-0.15, -0.1) is 0 Å². The number of rotatable bonds is 5.